The Bertz CT molecular complexity index is 978. The highest BCUT2D eigenvalue weighted by atomic mass is 32.2. The normalized spacial score (nSPS) is 16.5. The number of nitrogens with one attached hydrogen (secondary N) is 1. The van der Waals surface area contributed by atoms with Crippen LogP contribution in [-0.2, 0) is 26.7 Å². The fourth-order valence-electron chi connectivity index (χ4n) is 2.45. The van der Waals surface area contributed by atoms with Gasteiger partial charge in [0.2, 0.25) is 0 Å². The third-order valence-corrected chi connectivity index (χ3v) is 6.90. The molecule has 1 aliphatic rings. The molecular formula is C16H17NO5S2. The van der Waals surface area contributed by atoms with Crippen LogP contribution in [0.3, 0.4) is 0 Å². The molecule has 0 saturated heterocycles. The predicted molar refractivity (Wildman–Crippen MR) is 90.6 cm³/mol. The topological polar surface area (TPSA) is 89.5 Å². The fourth-order valence-corrected chi connectivity index (χ4v) is 4.32. The summed E-state index contributed by atoms with van der Waals surface area (Å²) in [5, 5.41) is -0.507. The molecule has 0 radical (unpaired) electrons. The van der Waals surface area contributed by atoms with E-state index >= 15 is 0 Å². The van der Waals surface area contributed by atoms with E-state index in [0.717, 1.165) is 5.56 Å². The van der Waals surface area contributed by atoms with Gasteiger partial charge >= 0.3 is 10.3 Å². The average Bonchev–Trinajstić information content (AvgIpc) is 2.53. The van der Waals surface area contributed by atoms with Crippen molar-refractivity contribution in [3.63, 3.8) is 0 Å². The van der Waals surface area contributed by atoms with Crippen molar-refractivity contribution in [2.45, 2.75) is 30.5 Å². The zero-order valence-electron chi connectivity index (χ0n) is 13.2. The zero-order valence-corrected chi connectivity index (χ0v) is 14.8. The Morgan fingerprint density at radius 1 is 1.08 bits per heavy atom. The minimum absolute atomic E-state index is 0.158. The number of fused-ring (bicyclic) bond motifs is 1. The van der Waals surface area contributed by atoms with Crippen molar-refractivity contribution < 1.29 is 21.0 Å². The second-order valence-electron chi connectivity index (χ2n) is 5.77. The number of hydrogen-bond donors (Lipinski definition) is 1. The molecule has 3 rings (SSSR count). The summed E-state index contributed by atoms with van der Waals surface area (Å²) in [7, 11) is -7.16. The van der Waals surface area contributed by atoms with Crippen LogP contribution in [-0.4, -0.2) is 22.1 Å². The first-order valence-corrected chi connectivity index (χ1v) is 10.3. The van der Waals surface area contributed by atoms with Gasteiger partial charge in [0, 0.05) is 17.7 Å². The first-order chi connectivity index (χ1) is 11.2. The van der Waals surface area contributed by atoms with Crippen LogP contribution in [0.15, 0.2) is 47.4 Å². The molecule has 0 unspecified atom stereocenters. The molecule has 0 aromatic heterocycles. The molecule has 1 N–H and O–H groups in total. The van der Waals surface area contributed by atoms with E-state index in [9.17, 15) is 16.8 Å². The van der Waals surface area contributed by atoms with Gasteiger partial charge in [0.15, 0.2) is 15.6 Å². The van der Waals surface area contributed by atoms with E-state index < -0.39 is 25.4 Å². The molecule has 0 fully saturated rings. The Morgan fingerprint density at radius 3 is 2.38 bits per heavy atom. The van der Waals surface area contributed by atoms with Gasteiger partial charge in [-0.3, -0.25) is 0 Å². The van der Waals surface area contributed by atoms with Gasteiger partial charge in [-0.2, -0.15) is 13.1 Å². The average molecular weight is 367 g/mol. The van der Waals surface area contributed by atoms with Crippen LogP contribution >= 0.6 is 0 Å². The number of para-hydroxylation sites is 1. The molecule has 0 atom stereocenters. The quantitative estimate of drug-likeness (QED) is 0.899. The highest BCUT2D eigenvalue weighted by molar-refractivity contribution is 7.92. The van der Waals surface area contributed by atoms with E-state index in [1.807, 2.05) is 0 Å². The summed E-state index contributed by atoms with van der Waals surface area (Å²) in [5.41, 5.74) is 2.01. The van der Waals surface area contributed by atoms with Gasteiger partial charge in [0.1, 0.15) is 0 Å². The van der Waals surface area contributed by atoms with E-state index in [0.29, 0.717) is 11.1 Å². The highest BCUT2D eigenvalue weighted by Gasteiger charge is 2.25. The molecule has 0 bridgehead atoms. The molecule has 0 amide bonds. The van der Waals surface area contributed by atoms with Crippen molar-refractivity contribution in [3.05, 3.63) is 48.0 Å². The Kier molecular flexibility index (Phi) is 4.15. The minimum atomic E-state index is -3.82. The number of rotatable bonds is 3. The summed E-state index contributed by atoms with van der Waals surface area (Å²) in [5.74, 6) is 0.274. The van der Waals surface area contributed by atoms with Crippen LogP contribution < -0.4 is 8.91 Å². The van der Waals surface area contributed by atoms with Crippen LogP contribution in [0.1, 0.15) is 19.4 Å². The highest BCUT2D eigenvalue weighted by Crippen LogP contribution is 2.36. The first-order valence-electron chi connectivity index (χ1n) is 7.36. The predicted octanol–water partition coefficient (Wildman–Crippen LogP) is 2.26. The summed E-state index contributed by atoms with van der Waals surface area (Å²) in [6.07, 6.45) is 0. The second-order valence-corrected chi connectivity index (χ2v) is 9.64. The molecule has 24 heavy (non-hydrogen) atoms. The second kappa shape index (κ2) is 5.87. The van der Waals surface area contributed by atoms with E-state index in [1.165, 1.54) is 12.1 Å². The molecule has 1 heterocycles. The van der Waals surface area contributed by atoms with Gasteiger partial charge in [-0.25, -0.2) is 8.42 Å². The van der Waals surface area contributed by atoms with Crippen molar-refractivity contribution in [1.29, 1.82) is 0 Å². The maximum Gasteiger partial charge on any atom is 0.382 e. The summed E-state index contributed by atoms with van der Waals surface area (Å²) in [6, 6.07) is 11.7. The lowest BCUT2D eigenvalue weighted by molar-refractivity contribution is 0.454. The summed E-state index contributed by atoms with van der Waals surface area (Å²) in [6.45, 7) is 3.41. The lowest BCUT2D eigenvalue weighted by Gasteiger charge is -2.20. The molecule has 2 aromatic carbocycles. The minimum Gasteiger partial charge on any atom is -0.370 e. The lowest BCUT2D eigenvalue weighted by atomic mass is 10.0. The van der Waals surface area contributed by atoms with Crippen LogP contribution in [0.2, 0.25) is 0 Å². The standard InChI is InChI=1S/C16H17NO5S2/c1-11(2)23(18,19)14-8-6-12(7-9-14)15-5-3-4-13-10-17-24(20,21)22-16(13)15/h3-9,11,17H,10H2,1-2H3. The third-order valence-electron chi connectivity index (χ3n) is 3.84. The van der Waals surface area contributed by atoms with Crippen molar-refractivity contribution in [3.8, 4) is 16.9 Å². The summed E-state index contributed by atoms with van der Waals surface area (Å²) in [4.78, 5) is 0.237. The maximum absolute atomic E-state index is 12.2. The van der Waals surface area contributed by atoms with Crippen LogP contribution in [0.4, 0.5) is 0 Å². The van der Waals surface area contributed by atoms with Gasteiger partial charge in [0.05, 0.1) is 10.1 Å². The Balaban J connectivity index is 2.06. The monoisotopic (exact) mass is 367 g/mol. The molecule has 0 saturated carbocycles. The molecule has 2 aromatic rings. The van der Waals surface area contributed by atoms with Gasteiger partial charge in [0.25, 0.3) is 0 Å². The van der Waals surface area contributed by atoms with Crippen LogP contribution in [0.25, 0.3) is 11.1 Å². The van der Waals surface area contributed by atoms with Crippen molar-refractivity contribution in [1.82, 2.24) is 4.72 Å². The van der Waals surface area contributed by atoms with E-state index in [4.69, 9.17) is 4.18 Å². The van der Waals surface area contributed by atoms with Crippen LogP contribution in [0, 0.1) is 0 Å². The third kappa shape index (κ3) is 3.04. The lowest BCUT2D eigenvalue weighted by Crippen LogP contribution is -2.32. The molecule has 0 spiro atoms. The Labute approximate surface area is 141 Å². The fraction of sp³-hybridized carbons (Fsp3) is 0.250. The van der Waals surface area contributed by atoms with Crippen molar-refractivity contribution in [2.24, 2.45) is 0 Å². The number of benzene rings is 2. The van der Waals surface area contributed by atoms with Gasteiger partial charge in [-0.05, 0) is 31.5 Å². The SMILES string of the molecule is CC(C)S(=O)(=O)c1ccc(-c2cccc3c2OS(=O)(=O)NC3)cc1. The summed E-state index contributed by atoms with van der Waals surface area (Å²) >= 11 is 0. The zero-order chi connectivity index (χ0) is 17.5. The Morgan fingerprint density at radius 2 is 1.75 bits per heavy atom. The molecule has 1 aliphatic heterocycles. The van der Waals surface area contributed by atoms with Crippen molar-refractivity contribution >= 4 is 20.1 Å². The van der Waals surface area contributed by atoms with Gasteiger partial charge in [-0.15, -0.1) is 0 Å². The largest absolute Gasteiger partial charge is 0.382 e. The van der Waals surface area contributed by atoms with E-state index in [-0.39, 0.29) is 17.2 Å². The first kappa shape index (κ1) is 16.9. The van der Waals surface area contributed by atoms with Crippen molar-refractivity contribution in [2.75, 3.05) is 0 Å². The summed E-state index contributed by atoms with van der Waals surface area (Å²) < 4.78 is 55.0. The molecule has 6 nitrogen and oxygen atoms in total. The molecular weight excluding hydrogens is 350 g/mol. The van der Waals surface area contributed by atoms with E-state index in [1.54, 1.807) is 44.2 Å². The number of hydrogen-bond acceptors (Lipinski definition) is 5. The van der Waals surface area contributed by atoms with Gasteiger partial charge in [-0.1, -0.05) is 30.3 Å². The molecule has 0 aliphatic carbocycles. The molecule has 8 heteroatoms. The Hall–Kier alpha value is -1.90. The smallest absolute Gasteiger partial charge is 0.370 e. The van der Waals surface area contributed by atoms with E-state index in [2.05, 4.69) is 4.72 Å². The number of sulfone groups is 1. The maximum atomic E-state index is 12.2. The van der Waals surface area contributed by atoms with Gasteiger partial charge < -0.3 is 4.18 Å². The molecule has 128 valence electrons. The van der Waals surface area contributed by atoms with Crippen LogP contribution in [0.5, 0.6) is 5.75 Å².